The van der Waals surface area contributed by atoms with Crippen LogP contribution in [-0.2, 0) is 11.2 Å². The lowest BCUT2D eigenvalue weighted by atomic mass is 9.94. The van der Waals surface area contributed by atoms with Gasteiger partial charge < -0.3 is 14.2 Å². The minimum absolute atomic E-state index is 0.190. The van der Waals surface area contributed by atoms with Crippen LogP contribution < -0.4 is 4.74 Å². The molecule has 1 aliphatic heterocycles. The second-order valence-corrected chi connectivity index (χ2v) is 9.14. The van der Waals surface area contributed by atoms with Crippen LogP contribution in [0.1, 0.15) is 49.1 Å². The predicted molar refractivity (Wildman–Crippen MR) is 127 cm³/mol. The van der Waals surface area contributed by atoms with Crippen molar-refractivity contribution in [3.8, 4) is 5.75 Å². The predicted octanol–water partition coefficient (Wildman–Crippen LogP) is 4.53. The van der Waals surface area contributed by atoms with E-state index in [-0.39, 0.29) is 6.54 Å². The summed E-state index contributed by atoms with van der Waals surface area (Å²) in [5.74, 6) is 0.667. The van der Waals surface area contributed by atoms with Crippen LogP contribution in [0.3, 0.4) is 0 Å². The largest absolute Gasteiger partial charge is 0.491 e. The van der Waals surface area contributed by atoms with Gasteiger partial charge in [-0.3, -0.25) is 9.80 Å². The number of ether oxygens (including phenoxy) is 1. The first-order valence-electron chi connectivity index (χ1n) is 11.3. The number of hydrogen-bond acceptors (Lipinski definition) is 5. The molecule has 1 aromatic carbocycles. The van der Waals surface area contributed by atoms with Crippen LogP contribution in [0.25, 0.3) is 11.3 Å². The third kappa shape index (κ3) is 4.35. The van der Waals surface area contributed by atoms with Crippen LogP contribution >= 0.6 is 0 Å². The molecule has 0 spiro atoms. The fourth-order valence-corrected chi connectivity index (χ4v) is 4.29. The van der Waals surface area contributed by atoms with Crippen molar-refractivity contribution in [2.45, 2.75) is 40.0 Å². The number of benzene rings is 1. The number of nitrogens with zero attached hydrogens (tertiary/aromatic N) is 4. The second kappa shape index (κ2) is 8.39. The maximum atomic E-state index is 11.5. The van der Waals surface area contributed by atoms with Gasteiger partial charge in [0.1, 0.15) is 17.9 Å². The van der Waals surface area contributed by atoms with Gasteiger partial charge in [-0.2, -0.15) is 5.10 Å². The Hall–Kier alpha value is -3.61. The summed E-state index contributed by atoms with van der Waals surface area (Å²) in [6, 6.07) is 10.1. The highest BCUT2D eigenvalue weighted by atomic mass is 16.5. The van der Waals surface area contributed by atoms with Crippen molar-refractivity contribution in [3.63, 3.8) is 0 Å². The molecule has 1 aliphatic carbocycles. The number of aryl methyl sites for hydroxylation is 1. The Morgan fingerprint density at radius 2 is 1.94 bits per heavy atom. The van der Waals surface area contributed by atoms with E-state index in [1.54, 1.807) is 5.01 Å². The molecular formula is C26H28N4O3. The molecule has 3 aromatic rings. The van der Waals surface area contributed by atoms with Gasteiger partial charge in [-0.1, -0.05) is 29.8 Å². The molecule has 0 radical (unpaired) electrons. The van der Waals surface area contributed by atoms with Crippen LogP contribution in [0.5, 0.6) is 5.75 Å². The fraction of sp³-hybridized carbons (Fsp3) is 0.346. The third-order valence-corrected chi connectivity index (χ3v) is 6.07. The molecule has 170 valence electrons. The van der Waals surface area contributed by atoms with Crippen molar-refractivity contribution in [2.24, 2.45) is 11.0 Å². The zero-order valence-corrected chi connectivity index (χ0v) is 19.2. The van der Waals surface area contributed by atoms with Gasteiger partial charge in [0, 0.05) is 23.7 Å². The van der Waals surface area contributed by atoms with E-state index in [1.165, 1.54) is 12.8 Å². The summed E-state index contributed by atoms with van der Waals surface area (Å²) in [5.41, 5.74) is 7.49. The van der Waals surface area contributed by atoms with Gasteiger partial charge >= 0.3 is 5.97 Å². The number of carboxylic acids is 1. The zero-order valence-electron chi connectivity index (χ0n) is 19.2. The van der Waals surface area contributed by atoms with Crippen LogP contribution in [-0.4, -0.2) is 44.3 Å². The lowest BCUT2D eigenvalue weighted by molar-refractivity contribution is -0.137. The van der Waals surface area contributed by atoms with Gasteiger partial charge in [0.25, 0.3) is 0 Å². The molecule has 7 heteroatoms. The van der Waals surface area contributed by atoms with Gasteiger partial charge in [0.15, 0.2) is 0 Å². The average molecular weight is 445 g/mol. The molecule has 2 aromatic heterocycles. The number of pyridine rings is 1. The van der Waals surface area contributed by atoms with E-state index >= 15 is 0 Å². The van der Waals surface area contributed by atoms with Gasteiger partial charge in [-0.25, -0.2) is 4.98 Å². The van der Waals surface area contributed by atoms with Crippen LogP contribution in [0, 0.1) is 12.8 Å². The maximum absolute atomic E-state index is 11.5. The number of hydrazone groups is 1. The van der Waals surface area contributed by atoms with E-state index in [1.807, 2.05) is 67.9 Å². The SMILES string of the molecule is CC(C)=C1c2ccccc2C(Cc2cn3cc(OCC4CC4)c(C)cc3n2)=NN1CC(=O)O. The zero-order chi connectivity index (χ0) is 23.1. The normalized spacial score (nSPS) is 15.4. The van der Waals surface area contributed by atoms with Gasteiger partial charge in [-0.15, -0.1) is 0 Å². The molecule has 7 nitrogen and oxygen atoms in total. The van der Waals surface area contributed by atoms with Crippen LogP contribution in [0.15, 0.2) is 53.4 Å². The Morgan fingerprint density at radius 3 is 2.64 bits per heavy atom. The van der Waals surface area contributed by atoms with Gasteiger partial charge in [-0.05, 0) is 51.2 Å². The first-order valence-corrected chi connectivity index (χ1v) is 11.3. The van der Waals surface area contributed by atoms with Crippen LogP contribution in [0.4, 0.5) is 0 Å². The summed E-state index contributed by atoms with van der Waals surface area (Å²) in [7, 11) is 0. The number of fused-ring (bicyclic) bond motifs is 2. The van der Waals surface area contributed by atoms with Crippen molar-refractivity contribution in [1.29, 1.82) is 0 Å². The minimum atomic E-state index is -0.918. The number of carboxylic acid groups (broad SMARTS) is 1. The molecule has 0 saturated heterocycles. The Labute approximate surface area is 193 Å². The monoisotopic (exact) mass is 444 g/mol. The molecule has 0 atom stereocenters. The quantitative estimate of drug-likeness (QED) is 0.579. The highest BCUT2D eigenvalue weighted by Gasteiger charge is 2.27. The highest BCUT2D eigenvalue weighted by Crippen LogP contribution is 2.33. The van der Waals surface area contributed by atoms with E-state index in [9.17, 15) is 9.90 Å². The average Bonchev–Trinajstić information content (AvgIpc) is 3.51. The molecular weight excluding hydrogens is 416 g/mol. The van der Waals surface area contributed by atoms with Crippen molar-refractivity contribution >= 4 is 23.0 Å². The fourth-order valence-electron chi connectivity index (χ4n) is 4.29. The topological polar surface area (TPSA) is 79.4 Å². The molecule has 3 heterocycles. The summed E-state index contributed by atoms with van der Waals surface area (Å²) < 4.78 is 8.02. The van der Waals surface area contributed by atoms with E-state index < -0.39 is 5.97 Å². The molecule has 1 saturated carbocycles. The minimum Gasteiger partial charge on any atom is -0.491 e. The summed E-state index contributed by atoms with van der Waals surface area (Å²) in [5, 5.41) is 15.8. The molecule has 2 aliphatic rings. The lowest BCUT2D eigenvalue weighted by Gasteiger charge is -2.30. The number of aliphatic carboxylic acids is 1. The third-order valence-electron chi connectivity index (χ3n) is 6.07. The molecule has 0 unspecified atom stereocenters. The molecule has 1 fully saturated rings. The number of hydrogen-bond donors (Lipinski definition) is 1. The molecule has 5 rings (SSSR count). The van der Waals surface area contributed by atoms with Gasteiger partial charge in [0.05, 0.1) is 29.9 Å². The van der Waals surface area contributed by atoms with E-state index in [0.29, 0.717) is 12.3 Å². The number of allylic oxidation sites excluding steroid dienone is 1. The Morgan fingerprint density at radius 1 is 1.18 bits per heavy atom. The summed E-state index contributed by atoms with van der Waals surface area (Å²) in [6.07, 6.45) is 7.02. The standard InChI is InChI=1S/C26H28N4O3/c1-16(2)26-21-7-5-4-6-20(21)22(28-30(26)14-25(31)32)11-19-12-29-13-23(33-15-18-8-9-18)17(3)10-24(29)27-19/h4-7,10,12-13,18H,8-9,11,14-15H2,1-3H3,(H,31,32). The second-order valence-electron chi connectivity index (χ2n) is 9.14. The summed E-state index contributed by atoms with van der Waals surface area (Å²) in [4.78, 5) is 16.3. The summed E-state index contributed by atoms with van der Waals surface area (Å²) in [6.45, 7) is 6.59. The Bertz CT molecular complexity index is 1300. The molecule has 0 bridgehead atoms. The smallest absolute Gasteiger partial charge is 0.325 e. The van der Waals surface area contributed by atoms with Gasteiger partial charge in [0.2, 0.25) is 0 Å². The number of carbonyl (C=O) groups is 1. The van der Waals surface area contributed by atoms with Crippen LogP contribution in [0.2, 0.25) is 0 Å². The number of imidazole rings is 1. The van der Waals surface area contributed by atoms with E-state index in [4.69, 9.17) is 14.8 Å². The molecule has 33 heavy (non-hydrogen) atoms. The van der Waals surface area contributed by atoms with Crippen molar-refractivity contribution in [1.82, 2.24) is 14.4 Å². The Kier molecular flexibility index (Phi) is 5.40. The first-order chi connectivity index (χ1) is 15.9. The molecule has 1 N–H and O–H groups in total. The van der Waals surface area contributed by atoms with E-state index in [0.717, 1.165) is 57.4 Å². The maximum Gasteiger partial charge on any atom is 0.325 e. The number of aromatic nitrogens is 2. The van der Waals surface area contributed by atoms with Crippen molar-refractivity contribution in [2.75, 3.05) is 13.2 Å². The highest BCUT2D eigenvalue weighted by molar-refractivity contribution is 6.07. The van der Waals surface area contributed by atoms with Crippen molar-refractivity contribution in [3.05, 3.63) is 70.7 Å². The molecule has 0 amide bonds. The summed E-state index contributed by atoms with van der Waals surface area (Å²) >= 11 is 0. The van der Waals surface area contributed by atoms with Crippen molar-refractivity contribution < 1.29 is 14.6 Å². The lowest BCUT2D eigenvalue weighted by Crippen LogP contribution is -2.31. The number of rotatable bonds is 7. The van der Waals surface area contributed by atoms with E-state index in [2.05, 4.69) is 0 Å². The Balaban J connectivity index is 1.49. The first kappa shape index (κ1) is 21.2.